The average Bonchev–Trinajstić information content (AvgIpc) is 2.67. The second-order valence-electron chi connectivity index (χ2n) is 7.94. The van der Waals surface area contributed by atoms with Gasteiger partial charge in [-0.3, -0.25) is 9.59 Å². The van der Waals surface area contributed by atoms with Gasteiger partial charge in [-0.25, -0.2) is 8.42 Å². The highest BCUT2D eigenvalue weighted by molar-refractivity contribution is 8.00. The number of thioether (sulfide) groups is 1. The molecule has 0 spiro atoms. The van der Waals surface area contributed by atoms with Gasteiger partial charge in [-0.05, 0) is 44.9 Å². The van der Waals surface area contributed by atoms with Gasteiger partial charge in [-0.1, -0.05) is 19.3 Å². The Morgan fingerprint density at radius 2 is 1.93 bits per heavy atom. The Labute approximate surface area is 177 Å². The van der Waals surface area contributed by atoms with Gasteiger partial charge in [0.2, 0.25) is 21.8 Å². The van der Waals surface area contributed by atoms with Gasteiger partial charge in [0.1, 0.15) is 0 Å². The van der Waals surface area contributed by atoms with Crippen molar-refractivity contribution in [2.45, 2.75) is 67.8 Å². The largest absolute Gasteiger partial charge is 0.336 e. The third-order valence-electron chi connectivity index (χ3n) is 5.46. The van der Waals surface area contributed by atoms with Crippen molar-refractivity contribution in [2.24, 2.45) is 0 Å². The summed E-state index contributed by atoms with van der Waals surface area (Å²) in [5.41, 5.74) is 0.498. The minimum atomic E-state index is -3.85. The molecule has 0 unspecified atom stereocenters. The van der Waals surface area contributed by atoms with Crippen molar-refractivity contribution in [1.29, 1.82) is 0 Å². The number of rotatable bonds is 6. The lowest BCUT2D eigenvalue weighted by Crippen LogP contribution is -2.49. The Hall–Kier alpha value is -1.58. The molecule has 0 atom stereocenters. The molecule has 2 amide bonds. The van der Waals surface area contributed by atoms with E-state index >= 15 is 0 Å². The van der Waals surface area contributed by atoms with Crippen molar-refractivity contribution in [3.8, 4) is 0 Å². The molecule has 7 nitrogen and oxygen atoms in total. The third-order valence-corrected chi connectivity index (χ3v) is 8.34. The highest BCUT2D eigenvalue weighted by Crippen LogP contribution is 2.33. The number of likely N-dealkylation sites (N-methyl/N-ethyl adjacent to an activating group) is 1. The maximum absolute atomic E-state index is 13.0. The second-order valence-corrected chi connectivity index (χ2v) is 11.0. The summed E-state index contributed by atoms with van der Waals surface area (Å²) in [4.78, 5) is 27.4. The van der Waals surface area contributed by atoms with Crippen molar-refractivity contribution in [1.82, 2.24) is 9.21 Å². The molecule has 2 aliphatic rings. The number of benzene rings is 1. The summed E-state index contributed by atoms with van der Waals surface area (Å²) in [5, 5.41) is 2.71. The number of sulfonamides is 1. The van der Waals surface area contributed by atoms with E-state index in [1.54, 1.807) is 6.07 Å². The number of hydrogen-bond acceptors (Lipinski definition) is 5. The van der Waals surface area contributed by atoms with Crippen LogP contribution in [-0.2, 0) is 19.6 Å². The summed E-state index contributed by atoms with van der Waals surface area (Å²) < 4.78 is 27.2. The van der Waals surface area contributed by atoms with E-state index in [1.807, 2.05) is 18.7 Å². The van der Waals surface area contributed by atoms with Crippen LogP contribution >= 0.6 is 11.8 Å². The molecule has 0 saturated heterocycles. The minimum absolute atomic E-state index is 0.0256. The first-order valence-corrected chi connectivity index (χ1v) is 12.5. The molecule has 1 aliphatic heterocycles. The molecule has 1 N–H and O–H groups in total. The number of carbonyl (C=O) groups excluding carboxylic acids is 2. The van der Waals surface area contributed by atoms with Crippen molar-refractivity contribution in [3.05, 3.63) is 18.2 Å². The fourth-order valence-corrected chi connectivity index (χ4v) is 5.97. The number of nitrogens with one attached hydrogen (secondary N) is 1. The van der Waals surface area contributed by atoms with E-state index in [0.29, 0.717) is 11.4 Å². The average molecular weight is 440 g/mol. The van der Waals surface area contributed by atoms with Crippen LogP contribution in [0, 0.1) is 0 Å². The Morgan fingerprint density at radius 1 is 1.24 bits per heavy atom. The van der Waals surface area contributed by atoms with Crippen LogP contribution in [-0.4, -0.2) is 60.9 Å². The summed E-state index contributed by atoms with van der Waals surface area (Å²) in [6.07, 6.45) is 5.35. The third kappa shape index (κ3) is 4.95. The molecule has 1 aromatic rings. The van der Waals surface area contributed by atoms with Gasteiger partial charge in [-0.2, -0.15) is 4.31 Å². The molecule has 29 heavy (non-hydrogen) atoms. The first-order valence-electron chi connectivity index (χ1n) is 10.0. The number of hydrogen-bond donors (Lipinski definition) is 1. The Bertz CT molecular complexity index is 880. The van der Waals surface area contributed by atoms with E-state index in [1.165, 1.54) is 37.4 Å². The molecule has 160 valence electrons. The van der Waals surface area contributed by atoms with E-state index < -0.39 is 10.0 Å². The Morgan fingerprint density at radius 3 is 2.59 bits per heavy atom. The molecule has 1 aliphatic carbocycles. The van der Waals surface area contributed by atoms with Crippen LogP contribution in [0.25, 0.3) is 0 Å². The van der Waals surface area contributed by atoms with Crippen LogP contribution in [0.5, 0.6) is 0 Å². The van der Waals surface area contributed by atoms with Crippen LogP contribution in [0.3, 0.4) is 0 Å². The number of nitrogens with zero attached hydrogens (tertiary/aromatic N) is 2. The zero-order valence-corrected chi connectivity index (χ0v) is 18.8. The number of amides is 2. The summed E-state index contributed by atoms with van der Waals surface area (Å²) in [7, 11) is -2.42. The SMILES string of the molecule is CC(C)N(C(=O)CN(C)S(=O)(=O)c1ccc2c(c1)NC(=O)CS2)C1CCCCC1. The standard InChI is InChI=1S/C20H29N3O4S2/c1-14(2)23(15-7-5-4-6-8-15)20(25)12-22(3)29(26,27)16-9-10-18-17(11-16)21-19(24)13-28-18/h9-11,14-15H,4-8,12-13H2,1-3H3,(H,21,24). The zero-order valence-electron chi connectivity index (χ0n) is 17.2. The van der Waals surface area contributed by atoms with Gasteiger partial charge in [0.15, 0.2) is 0 Å². The van der Waals surface area contributed by atoms with Crippen LogP contribution in [0.1, 0.15) is 46.0 Å². The van der Waals surface area contributed by atoms with E-state index in [9.17, 15) is 18.0 Å². The first kappa shape index (κ1) is 22.1. The topological polar surface area (TPSA) is 86.8 Å². The number of fused-ring (bicyclic) bond motifs is 1. The highest BCUT2D eigenvalue weighted by Gasteiger charge is 2.31. The molecular weight excluding hydrogens is 410 g/mol. The van der Waals surface area contributed by atoms with E-state index in [0.717, 1.165) is 34.9 Å². The maximum Gasteiger partial charge on any atom is 0.243 e. The molecule has 0 aromatic heterocycles. The summed E-state index contributed by atoms with van der Waals surface area (Å²) in [5.74, 6) is 0.000106. The summed E-state index contributed by atoms with van der Waals surface area (Å²) in [6, 6.07) is 4.91. The van der Waals surface area contributed by atoms with Gasteiger partial charge in [0.05, 0.1) is 22.9 Å². The van der Waals surface area contributed by atoms with E-state index in [-0.39, 0.29) is 35.3 Å². The van der Waals surface area contributed by atoms with Crippen molar-refractivity contribution >= 4 is 39.3 Å². The van der Waals surface area contributed by atoms with E-state index in [2.05, 4.69) is 5.32 Å². The van der Waals surface area contributed by atoms with Crippen LogP contribution in [0.4, 0.5) is 5.69 Å². The van der Waals surface area contributed by atoms with E-state index in [4.69, 9.17) is 0 Å². The van der Waals surface area contributed by atoms with Gasteiger partial charge in [0.25, 0.3) is 0 Å². The zero-order chi connectivity index (χ0) is 21.2. The van der Waals surface area contributed by atoms with Gasteiger partial charge >= 0.3 is 0 Å². The Kier molecular flexibility index (Phi) is 6.90. The fraction of sp³-hybridized carbons (Fsp3) is 0.600. The number of carbonyl (C=O) groups is 2. The maximum atomic E-state index is 13.0. The minimum Gasteiger partial charge on any atom is -0.336 e. The lowest BCUT2D eigenvalue weighted by molar-refractivity contribution is -0.136. The molecule has 1 aromatic carbocycles. The molecule has 1 saturated carbocycles. The Balaban J connectivity index is 1.76. The monoisotopic (exact) mass is 439 g/mol. The first-order chi connectivity index (χ1) is 13.7. The molecule has 9 heteroatoms. The quantitative estimate of drug-likeness (QED) is 0.736. The van der Waals surface area contributed by atoms with Crippen molar-refractivity contribution in [2.75, 3.05) is 24.7 Å². The van der Waals surface area contributed by atoms with Gasteiger partial charge in [-0.15, -0.1) is 11.8 Å². The van der Waals surface area contributed by atoms with Gasteiger partial charge in [0, 0.05) is 24.0 Å². The molecule has 0 radical (unpaired) electrons. The predicted molar refractivity (Wildman–Crippen MR) is 114 cm³/mol. The molecule has 1 fully saturated rings. The molecule has 1 heterocycles. The molecular formula is C20H29N3O4S2. The van der Waals surface area contributed by atoms with Crippen LogP contribution in [0.2, 0.25) is 0 Å². The second kappa shape index (κ2) is 9.06. The molecule has 3 rings (SSSR count). The fourth-order valence-electron chi connectivity index (χ4n) is 4.03. The number of anilines is 1. The lowest BCUT2D eigenvalue weighted by atomic mass is 9.93. The van der Waals surface area contributed by atoms with Crippen LogP contribution < -0.4 is 5.32 Å². The normalized spacial score (nSPS) is 17.9. The van der Waals surface area contributed by atoms with Crippen LogP contribution in [0.15, 0.2) is 28.0 Å². The predicted octanol–water partition coefficient (Wildman–Crippen LogP) is 2.92. The highest BCUT2D eigenvalue weighted by atomic mass is 32.2. The summed E-state index contributed by atoms with van der Waals surface area (Å²) in [6.45, 7) is 3.75. The molecule has 0 bridgehead atoms. The van der Waals surface area contributed by atoms with Crippen molar-refractivity contribution < 1.29 is 18.0 Å². The smallest absolute Gasteiger partial charge is 0.243 e. The van der Waals surface area contributed by atoms with Crippen molar-refractivity contribution in [3.63, 3.8) is 0 Å². The van der Waals surface area contributed by atoms with Gasteiger partial charge < -0.3 is 10.2 Å². The lowest BCUT2D eigenvalue weighted by Gasteiger charge is -2.38. The summed E-state index contributed by atoms with van der Waals surface area (Å²) >= 11 is 1.38.